The first-order valence-corrected chi connectivity index (χ1v) is 6.59. The monoisotopic (exact) mass is 281 g/mol. The lowest BCUT2D eigenvalue weighted by Gasteiger charge is -2.24. The highest BCUT2D eigenvalue weighted by molar-refractivity contribution is 5.80. The fourth-order valence-electron chi connectivity index (χ4n) is 1.90. The Kier molecular flexibility index (Phi) is 6.48. The van der Waals surface area contributed by atoms with Crippen molar-refractivity contribution in [1.29, 1.82) is 0 Å². The van der Waals surface area contributed by atoms with Crippen molar-refractivity contribution in [2.24, 2.45) is 0 Å². The highest BCUT2D eigenvalue weighted by Crippen LogP contribution is 2.14. The third kappa shape index (κ3) is 5.19. The van der Waals surface area contributed by atoms with E-state index in [2.05, 4.69) is 0 Å². The van der Waals surface area contributed by atoms with E-state index in [1.807, 2.05) is 31.2 Å². The molecule has 20 heavy (non-hydrogen) atoms. The number of methoxy groups -OCH3 is 1. The van der Waals surface area contributed by atoms with Gasteiger partial charge in [0.2, 0.25) is 0 Å². The number of aliphatic hydroxyl groups is 1. The molecule has 2 unspecified atom stereocenters. The lowest BCUT2D eigenvalue weighted by molar-refractivity contribution is -0.138. The van der Waals surface area contributed by atoms with Crippen molar-refractivity contribution in [1.82, 2.24) is 4.90 Å². The summed E-state index contributed by atoms with van der Waals surface area (Å²) in [7, 11) is 3.14. The molecule has 1 rings (SSSR count). The number of likely N-dealkylation sites (N-methyl/N-ethyl adjacent to an activating group) is 1. The van der Waals surface area contributed by atoms with Crippen LogP contribution < -0.4 is 4.74 Å². The molecular weight excluding hydrogens is 258 g/mol. The van der Waals surface area contributed by atoms with Crippen LogP contribution in [0.2, 0.25) is 0 Å². The average molecular weight is 281 g/mol. The van der Waals surface area contributed by atoms with E-state index in [0.29, 0.717) is 5.75 Å². The van der Waals surface area contributed by atoms with Gasteiger partial charge in [0.1, 0.15) is 5.75 Å². The molecule has 1 aromatic rings. The number of rotatable bonds is 7. The zero-order chi connectivity index (χ0) is 15.1. The fraction of sp³-hybridized carbons (Fsp3) is 0.533. The Balaban J connectivity index is 2.53. The number of hydrogen-bond acceptors (Lipinski definition) is 4. The van der Waals surface area contributed by atoms with E-state index in [-0.39, 0.29) is 19.1 Å². The number of carbonyl (C=O) groups is 1. The first-order valence-electron chi connectivity index (χ1n) is 6.59. The molecule has 0 heterocycles. The predicted molar refractivity (Wildman–Crippen MR) is 76.8 cm³/mol. The number of amides is 1. The van der Waals surface area contributed by atoms with Crippen LogP contribution in [0.1, 0.15) is 12.5 Å². The van der Waals surface area contributed by atoms with Gasteiger partial charge in [-0.1, -0.05) is 12.1 Å². The summed E-state index contributed by atoms with van der Waals surface area (Å²) in [6.45, 7) is 4.08. The van der Waals surface area contributed by atoms with Crippen LogP contribution >= 0.6 is 0 Å². The number of aryl methyl sites for hydroxylation is 1. The molecule has 5 heteroatoms. The van der Waals surface area contributed by atoms with Crippen LogP contribution in [-0.2, 0) is 9.53 Å². The van der Waals surface area contributed by atoms with Crippen molar-refractivity contribution in [2.75, 3.05) is 27.3 Å². The predicted octanol–water partition coefficient (Wildman–Crippen LogP) is 1.23. The average Bonchev–Trinajstić information content (AvgIpc) is 2.37. The Morgan fingerprint density at radius 2 is 2.15 bits per heavy atom. The molecular formula is C15H23NO4. The Bertz CT molecular complexity index is 436. The number of benzene rings is 1. The molecule has 0 bridgehead atoms. The molecule has 5 nitrogen and oxygen atoms in total. The van der Waals surface area contributed by atoms with Crippen LogP contribution in [0.5, 0.6) is 5.75 Å². The van der Waals surface area contributed by atoms with Crippen molar-refractivity contribution < 1.29 is 19.4 Å². The van der Waals surface area contributed by atoms with E-state index >= 15 is 0 Å². The SMILES string of the molecule is COCC(O)CN(C)C(=O)C(C)Oc1cccc(C)c1. The maximum absolute atomic E-state index is 12.1. The summed E-state index contributed by atoms with van der Waals surface area (Å²) in [6, 6.07) is 7.54. The van der Waals surface area contributed by atoms with Gasteiger partial charge >= 0.3 is 0 Å². The maximum atomic E-state index is 12.1. The first kappa shape index (κ1) is 16.5. The Morgan fingerprint density at radius 1 is 1.45 bits per heavy atom. The lowest BCUT2D eigenvalue weighted by atomic mass is 10.2. The summed E-state index contributed by atoms with van der Waals surface area (Å²) in [5.74, 6) is 0.485. The Hall–Kier alpha value is -1.59. The quantitative estimate of drug-likeness (QED) is 0.816. The van der Waals surface area contributed by atoms with Crippen LogP contribution in [0.3, 0.4) is 0 Å². The van der Waals surface area contributed by atoms with Gasteiger partial charge in [0.25, 0.3) is 5.91 Å². The van der Waals surface area contributed by atoms with Crippen molar-refractivity contribution in [3.05, 3.63) is 29.8 Å². The second-order valence-electron chi connectivity index (χ2n) is 4.90. The molecule has 0 radical (unpaired) electrons. The molecule has 0 fully saturated rings. The van der Waals surface area contributed by atoms with E-state index in [1.54, 1.807) is 14.0 Å². The lowest BCUT2D eigenvalue weighted by Crippen LogP contribution is -2.42. The van der Waals surface area contributed by atoms with E-state index < -0.39 is 12.2 Å². The molecule has 0 aliphatic rings. The van der Waals surface area contributed by atoms with E-state index in [9.17, 15) is 9.90 Å². The van der Waals surface area contributed by atoms with Gasteiger partial charge < -0.3 is 19.5 Å². The van der Waals surface area contributed by atoms with Gasteiger partial charge in [-0.3, -0.25) is 4.79 Å². The molecule has 0 aromatic heterocycles. The van der Waals surface area contributed by atoms with Gasteiger partial charge in [-0.15, -0.1) is 0 Å². The van der Waals surface area contributed by atoms with E-state index in [0.717, 1.165) is 5.56 Å². The van der Waals surface area contributed by atoms with Crippen LogP contribution in [0, 0.1) is 6.92 Å². The van der Waals surface area contributed by atoms with Crippen molar-refractivity contribution in [3.63, 3.8) is 0 Å². The zero-order valence-corrected chi connectivity index (χ0v) is 12.5. The normalized spacial score (nSPS) is 13.7. The third-order valence-corrected chi connectivity index (χ3v) is 2.87. The zero-order valence-electron chi connectivity index (χ0n) is 12.5. The molecule has 0 aliphatic heterocycles. The number of aliphatic hydroxyl groups excluding tert-OH is 1. The summed E-state index contributed by atoms with van der Waals surface area (Å²) in [6.07, 6.45) is -1.29. The van der Waals surface area contributed by atoms with Crippen LogP contribution in [0.4, 0.5) is 0 Å². The fourth-order valence-corrected chi connectivity index (χ4v) is 1.90. The number of ether oxygens (including phenoxy) is 2. The molecule has 0 saturated carbocycles. The molecule has 1 aromatic carbocycles. The van der Waals surface area contributed by atoms with Gasteiger partial charge in [0.15, 0.2) is 6.10 Å². The topological polar surface area (TPSA) is 59.0 Å². The third-order valence-electron chi connectivity index (χ3n) is 2.87. The minimum absolute atomic E-state index is 0.179. The van der Waals surface area contributed by atoms with Crippen LogP contribution in [0.15, 0.2) is 24.3 Å². The largest absolute Gasteiger partial charge is 0.481 e. The number of hydrogen-bond donors (Lipinski definition) is 1. The molecule has 1 amide bonds. The molecule has 0 aliphatic carbocycles. The smallest absolute Gasteiger partial charge is 0.263 e. The van der Waals surface area contributed by atoms with Gasteiger partial charge in [0, 0.05) is 20.7 Å². The van der Waals surface area contributed by atoms with E-state index in [1.165, 1.54) is 12.0 Å². The second kappa shape index (κ2) is 7.87. The van der Waals surface area contributed by atoms with Gasteiger partial charge in [-0.05, 0) is 31.5 Å². The summed E-state index contributed by atoms with van der Waals surface area (Å²) in [5, 5.41) is 9.62. The first-order chi connectivity index (χ1) is 9.43. The number of nitrogens with zero attached hydrogens (tertiary/aromatic N) is 1. The maximum Gasteiger partial charge on any atom is 0.263 e. The van der Waals surface area contributed by atoms with Gasteiger partial charge in [0.05, 0.1) is 12.7 Å². The number of carbonyl (C=O) groups excluding carboxylic acids is 1. The van der Waals surface area contributed by atoms with Crippen LogP contribution in [0.25, 0.3) is 0 Å². The molecule has 112 valence electrons. The van der Waals surface area contributed by atoms with Crippen LogP contribution in [-0.4, -0.2) is 55.4 Å². The summed E-state index contributed by atoms with van der Waals surface area (Å²) in [4.78, 5) is 13.6. The van der Waals surface area contributed by atoms with Gasteiger partial charge in [-0.2, -0.15) is 0 Å². The highest BCUT2D eigenvalue weighted by atomic mass is 16.5. The standard InChI is InChI=1S/C15H23NO4/c1-11-6-5-7-14(8-11)20-12(2)15(18)16(3)9-13(17)10-19-4/h5-8,12-13,17H,9-10H2,1-4H3. The Labute approximate surface area is 120 Å². The molecule has 1 N–H and O–H groups in total. The summed E-state index contributed by atoms with van der Waals surface area (Å²) < 4.78 is 10.4. The highest BCUT2D eigenvalue weighted by Gasteiger charge is 2.21. The minimum Gasteiger partial charge on any atom is -0.481 e. The van der Waals surface area contributed by atoms with Crippen molar-refractivity contribution >= 4 is 5.91 Å². The van der Waals surface area contributed by atoms with Crippen molar-refractivity contribution in [3.8, 4) is 5.75 Å². The molecule has 0 saturated heterocycles. The van der Waals surface area contributed by atoms with Crippen molar-refractivity contribution in [2.45, 2.75) is 26.1 Å². The second-order valence-corrected chi connectivity index (χ2v) is 4.90. The van der Waals surface area contributed by atoms with Gasteiger partial charge in [-0.25, -0.2) is 0 Å². The summed E-state index contributed by atoms with van der Waals surface area (Å²) in [5.41, 5.74) is 1.08. The van der Waals surface area contributed by atoms with E-state index in [4.69, 9.17) is 9.47 Å². The molecule has 0 spiro atoms. The minimum atomic E-state index is -0.694. The summed E-state index contributed by atoms with van der Waals surface area (Å²) >= 11 is 0. The molecule has 2 atom stereocenters. The Morgan fingerprint density at radius 3 is 2.75 bits per heavy atom.